The number of nitrogens with zero attached hydrogens (tertiary/aromatic N) is 3. The SMILES string of the molecule is CCCN(CC)c1n[nH]c(=S)n1C1CCCC1. The zero-order valence-electron chi connectivity index (χ0n) is 10.8. The van der Waals surface area contributed by atoms with Gasteiger partial charge >= 0.3 is 0 Å². The van der Waals surface area contributed by atoms with Gasteiger partial charge in [-0.15, -0.1) is 5.10 Å². The monoisotopic (exact) mass is 254 g/mol. The molecule has 96 valence electrons. The third-order valence-corrected chi connectivity index (χ3v) is 3.82. The van der Waals surface area contributed by atoms with Crippen LogP contribution in [0.5, 0.6) is 0 Å². The van der Waals surface area contributed by atoms with Gasteiger partial charge in [-0.3, -0.25) is 4.57 Å². The predicted molar refractivity (Wildman–Crippen MR) is 73.1 cm³/mol. The summed E-state index contributed by atoms with van der Waals surface area (Å²) in [4.78, 5) is 2.31. The molecule has 1 aliphatic rings. The van der Waals surface area contributed by atoms with Gasteiger partial charge < -0.3 is 4.90 Å². The standard InChI is InChI=1S/C12H22N4S/c1-3-9-15(4-2)11-13-14-12(17)16(11)10-7-5-6-8-10/h10H,3-9H2,1-2H3,(H,14,17). The van der Waals surface area contributed by atoms with Crippen LogP contribution in [0, 0.1) is 4.77 Å². The van der Waals surface area contributed by atoms with Gasteiger partial charge in [0.2, 0.25) is 5.95 Å². The maximum absolute atomic E-state index is 5.38. The van der Waals surface area contributed by atoms with Crippen LogP contribution in [0.2, 0.25) is 0 Å². The first-order valence-corrected chi connectivity index (χ1v) is 7.10. The Balaban J connectivity index is 2.30. The highest BCUT2D eigenvalue weighted by Crippen LogP contribution is 2.32. The molecule has 1 heterocycles. The molecule has 0 bridgehead atoms. The van der Waals surface area contributed by atoms with Crippen molar-refractivity contribution in [3.63, 3.8) is 0 Å². The second kappa shape index (κ2) is 5.67. The molecule has 1 saturated carbocycles. The number of rotatable bonds is 5. The molecule has 0 unspecified atom stereocenters. The molecule has 0 atom stereocenters. The largest absolute Gasteiger partial charge is 0.341 e. The van der Waals surface area contributed by atoms with Crippen LogP contribution >= 0.6 is 12.2 Å². The molecule has 0 spiro atoms. The van der Waals surface area contributed by atoms with Crippen molar-refractivity contribution in [2.75, 3.05) is 18.0 Å². The third-order valence-electron chi connectivity index (χ3n) is 3.53. The van der Waals surface area contributed by atoms with E-state index in [9.17, 15) is 0 Å². The Kier molecular flexibility index (Phi) is 4.20. The maximum Gasteiger partial charge on any atom is 0.225 e. The topological polar surface area (TPSA) is 36.9 Å². The van der Waals surface area contributed by atoms with Gasteiger partial charge in [0, 0.05) is 19.1 Å². The van der Waals surface area contributed by atoms with Crippen LogP contribution in [0.15, 0.2) is 0 Å². The average Bonchev–Trinajstić information content (AvgIpc) is 2.94. The summed E-state index contributed by atoms with van der Waals surface area (Å²) in [5.41, 5.74) is 0. The van der Waals surface area contributed by atoms with Crippen LogP contribution in [0.25, 0.3) is 0 Å². The first kappa shape index (κ1) is 12.6. The first-order chi connectivity index (χ1) is 8.27. The summed E-state index contributed by atoms with van der Waals surface area (Å²) in [5.74, 6) is 1.03. The van der Waals surface area contributed by atoms with Crippen molar-refractivity contribution in [2.45, 2.75) is 52.0 Å². The van der Waals surface area contributed by atoms with Gasteiger partial charge in [0.25, 0.3) is 0 Å². The van der Waals surface area contributed by atoms with Crippen molar-refractivity contribution < 1.29 is 0 Å². The molecular weight excluding hydrogens is 232 g/mol. The van der Waals surface area contributed by atoms with Crippen LogP contribution < -0.4 is 4.90 Å². The molecule has 1 fully saturated rings. The van der Waals surface area contributed by atoms with E-state index in [1.54, 1.807) is 0 Å². The number of hydrogen-bond donors (Lipinski definition) is 1. The highest BCUT2D eigenvalue weighted by atomic mass is 32.1. The minimum Gasteiger partial charge on any atom is -0.341 e. The van der Waals surface area contributed by atoms with Gasteiger partial charge in [0.1, 0.15) is 0 Å². The van der Waals surface area contributed by atoms with E-state index in [-0.39, 0.29) is 0 Å². The lowest BCUT2D eigenvalue weighted by atomic mass is 10.2. The van der Waals surface area contributed by atoms with Crippen molar-refractivity contribution in [1.29, 1.82) is 0 Å². The summed E-state index contributed by atoms with van der Waals surface area (Å²) in [6, 6.07) is 0.558. The lowest BCUT2D eigenvalue weighted by Crippen LogP contribution is -2.27. The molecule has 17 heavy (non-hydrogen) atoms. The molecule has 1 N–H and O–H groups in total. The second-order valence-corrected chi connectivity index (χ2v) is 5.10. The fraction of sp³-hybridized carbons (Fsp3) is 0.833. The number of anilines is 1. The van der Waals surface area contributed by atoms with Crippen molar-refractivity contribution in [3.8, 4) is 0 Å². The molecule has 0 saturated heterocycles. The minimum atomic E-state index is 0.558. The Morgan fingerprint density at radius 3 is 2.71 bits per heavy atom. The summed E-state index contributed by atoms with van der Waals surface area (Å²) in [7, 11) is 0. The zero-order chi connectivity index (χ0) is 12.3. The molecule has 1 aliphatic carbocycles. The van der Waals surface area contributed by atoms with E-state index in [0.29, 0.717) is 6.04 Å². The van der Waals surface area contributed by atoms with E-state index in [2.05, 4.69) is 33.5 Å². The van der Waals surface area contributed by atoms with Crippen LogP contribution in [0.1, 0.15) is 52.0 Å². The highest BCUT2D eigenvalue weighted by molar-refractivity contribution is 7.71. The summed E-state index contributed by atoms with van der Waals surface area (Å²) in [6.07, 6.45) is 6.25. The molecule has 2 rings (SSSR count). The smallest absolute Gasteiger partial charge is 0.225 e. The molecule has 1 aromatic rings. The summed E-state index contributed by atoms with van der Waals surface area (Å²) < 4.78 is 3.02. The van der Waals surface area contributed by atoms with Gasteiger partial charge in [-0.2, -0.15) is 0 Å². The van der Waals surface area contributed by atoms with E-state index >= 15 is 0 Å². The Morgan fingerprint density at radius 1 is 1.41 bits per heavy atom. The summed E-state index contributed by atoms with van der Waals surface area (Å²) in [5, 5.41) is 7.38. The van der Waals surface area contributed by atoms with Crippen molar-refractivity contribution in [1.82, 2.24) is 14.8 Å². The maximum atomic E-state index is 5.38. The van der Waals surface area contributed by atoms with Gasteiger partial charge in [0.05, 0.1) is 0 Å². The van der Waals surface area contributed by atoms with Crippen molar-refractivity contribution in [2.24, 2.45) is 0 Å². The fourth-order valence-corrected chi connectivity index (χ4v) is 2.96. The molecule has 1 aromatic heterocycles. The van der Waals surface area contributed by atoms with Crippen molar-refractivity contribution in [3.05, 3.63) is 4.77 Å². The summed E-state index contributed by atoms with van der Waals surface area (Å²) >= 11 is 5.38. The van der Waals surface area contributed by atoms with Crippen LogP contribution in [0.3, 0.4) is 0 Å². The number of aromatic nitrogens is 3. The Labute approximate surface area is 108 Å². The molecule has 0 amide bonds. The lowest BCUT2D eigenvalue weighted by Gasteiger charge is -2.24. The van der Waals surface area contributed by atoms with Crippen molar-refractivity contribution >= 4 is 18.2 Å². The average molecular weight is 254 g/mol. The highest BCUT2D eigenvalue weighted by Gasteiger charge is 2.23. The van der Waals surface area contributed by atoms with E-state index in [1.165, 1.54) is 25.7 Å². The number of aromatic amines is 1. The fourth-order valence-electron chi connectivity index (χ4n) is 2.68. The molecule has 0 aliphatic heterocycles. The molecular formula is C12H22N4S. The quantitative estimate of drug-likeness (QED) is 0.819. The Morgan fingerprint density at radius 2 is 2.12 bits per heavy atom. The first-order valence-electron chi connectivity index (χ1n) is 6.69. The van der Waals surface area contributed by atoms with Crippen LogP contribution in [-0.2, 0) is 0 Å². The van der Waals surface area contributed by atoms with Gasteiger partial charge in [0.15, 0.2) is 4.77 Å². The van der Waals surface area contributed by atoms with E-state index in [0.717, 1.165) is 30.2 Å². The normalized spacial score (nSPS) is 16.6. The zero-order valence-corrected chi connectivity index (χ0v) is 11.6. The molecule has 0 aromatic carbocycles. The lowest BCUT2D eigenvalue weighted by molar-refractivity contribution is 0.506. The molecule has 5 heteroatoms. The molecule has 0 radical (unpaired) electrons. The molecule has 4 nitrogen and oxygen atoms in total. The van der Waals surface area contributed by atoms with Crippen LogP contribution in [-0.4, -0.2) is 27.9 Å². The van der Waals surface area contributed by atoms with E-state index < -0.39 is 0 Å². The number of hydrogen-bond acceptors (Lipinski definition) is 3. The van der Waals surface area contributed by atoms with Gasteiger partial charge in [-0.1, -0.05) is 19.8 Å². The predicted octanol–water partition coefficient (Wildman–Crippen LogP) is 3.29. The Bertz CT molecular complexity index is 403. The van der Waals surface area contributed by atoms with E-state index in [4.69, 9.17) is 12.2 Å². The third kappa shape index (κ3) is 2.54. The second-order valence-electron chi connectivity index (χ2n) is 4.72. The Hall–Kier alpha value is -0.840. The minimum absolute atomic E-state index is 0.558. The van der Waals surface area contributed by atoms with Crippen LogP contribution in [0.4, 0.5) is 5.95 Å². The summed E-state index contributed by atoms with van der Waals surface area (Å²) in [6.45, 7) is 6.40. The van der Waals surface area contributed by atoms with Gasteiger partial charge in [-0.05, 0) is 38.4 Å². The number of H-pyrrole nitrogens is 1. The van der Waals surface area contributed by atoms with E-state index in [1.807, 2.05) is 0 Å². The number of nitrogens with one attached hydrogen (secondary N) is 1. The van der Waals surface area contributed by atoms with Gasteiger partial charge in [-0.25, -0.2) is 5.10 Å².